The van der Waals surface area contributed by atoms with E-state index in [1.54, 1.807) is 6.07 Å². The van der Waals surface area contributed by atoms with Gasteiger partial charge in [0, 0.05) is 29.4 Å². The highest BCUT2D eigenvalue weighted by Gasteiger charge is 2.12. The van der Waals surface area contributed by atoms with Crippen LogP contribution in [0, 0.1) is 0 Å². The molecule has 0 unspecified atom stereocenters. The van der Waals surface area contributed by atoms with Crippen LogP contribution in [-0.2, 0) is 6.42 Å². The number of nitrogens with one attached hydrogen (secondary N) is 1. The van der Waals surface area contributed by atoms with Gasteiger partial charge in [-0.15, -0.1) is 0 Å². The van der Waals surface area contributed by atoms with Gasteiger partial charge in [-0.05, 0) is 54.8 Å². The summed E-state index contributed by atoms with van der Waals surface area (Å²) in [4.78, 5) is 12.9. The highest BCUT2D eigenvalue weighted by atomic mass is 79.9. The SMILES string of the molecule is CN1CCCc2cc(Br)ccc21.O=C(O)c1ccc(NC=S)cc1Cl. The van der Waals surface area contributed by atoms with Gasteiger partial charge >= 0.3 is 5.97 Å². The summed E-state index contributed by atoms with van der Waals surface area (Å²) in [6.07, 6.45) is 2.50. The Kier molecular flexibility index (Phi) is 7.23. The van der Waals surface area contributed by atoms with E-state index in [4.69, 9.17) is 16.7 Å². The second kappa shape index (κ2) is 9.17. The third kappa shape index (κ3) is 5.42. The number of halogens is 2. The number of nitrogens with zero attached hydrogens (tertiary/aromatic N) is 1. The topological polar surface area (TPSA) is 52.6 Å². The maximum Gasteiger partial charge on any atom is 0.337 e. The molecule has 7 heteroatoms. The Morgan fingerprint density at radius 3 is 2.76 bits per heavy atom. The predicted molar refractivity (Wildman–Crippen MR) is 111 cm³/mol. The molecule has 0 spiro atoms. The van der Waals surface area contributed by atoms with Crippen LogP contribution in [0.1, 0.15) is 22.3 Å². The highest BCUT2D eigenvalue weighted by Crippen LogP contribution is 2.28. The summed E-state index contributed by atoms with van der Waals surface area (Å²) in [7, 11) is 2.16. The molecule has 132 valence electrons. The zero-order chi connectivity index (χ0) is 18.4. The van der Waals surface area contributed by atoms with Gasteiger partial charge in [0.25, 0.3) is 0 Å². The quantitative estimate of drug-likeness (QED) is 0.638. The van der Waals surface area contributed by atoms with Gasteiger partial charge in [0.15, 0.2) is 0 Å². The van der Waals surface area contributed by atoms with Gasteiger partial charge in [-0.25, -0.2) is 4.79 Å². The molecule has 2 aromatic carbocycles. The number of fused-ring (bicyclic) bond motifs is 1. The predicted octanol–water partition coefficient (Wildman–Crippen LogP) is 5.24. The first-order valence-electron chi connectivity index (χ1n) is 7.65. The van der Waals surface area contributed by atoms with Crippen molar-refractivity contribution in [3.63, 3.8) is 0 Å². The van der Waals surface area contributed by atoms with Crippen molar-refractivity contribution in [2.24, 2.45) is 0 Å². The van der Waals surface area contributed by atoms with Crippen molar-refractivity contribution in [1.82, 2.24) is 0 Å². The van der Waals surface area contributed by atoms with Crippen LogP contribution < -0.4 is 10.2 Å². The van der Waals surface area contributed by atoms with Gasteiger partial charge in [0.1, 0.15) is 0 Å². The van der Waals surface area contributed by atoms with Crippen LogP contribution in [0.25, 0.3) is 0 Å². The second-order valence-corrected chi connectivity index (χ2v) is 7.12. The molecule has 0 saturated carbocycles. The molecular weight excluding hydrogens is 424 g/mol. The largest absolute Gasteiger partial charge is 0.478 e. The third-order valence-electron chi connectivity index (χ3n) is 3.82. The standard InChI is InChI=1S/C10H12BrN.C8H6ClNO2S/c1-12-6-2-3-8-7-9(11)4-5-10(8)12;9-7-3-5(10-4-13)1-2-6(7)8(11)12/h4-5,7H,2-3,6H2,1H3;1-4H,(H,10,13)(H,11,12). The molecule has 0 fully saturated rings. The summed E-state index contributed by atoms with van der Waals surface area (Å²) in [5, 5.41) is 11.6. The van der Waals surface area contributed by atoms with Crippen LogP contribution >= 0.6 is 39.7 Å². The van der Waals surface area contributed by atoms with E-state index in [1.807, 2.05) is 0 Å². The second-order valence-electron chi connectivity index (χ2n) is 5.56. The van der Waals surface area contributed by atoms with E-state index in [-0.39, 0.29) is 10.6 Å². The molecule has 2 N–H and O–H groups in total. The normalized spacial score (nSPS) is 12.5. The van der Waals surface area contributed by atoms with Crippen molar-refractivity contribution in [3.8, 4) is 0 Å². The molecule has 4 nitrogen and oxygen atoms in total. The molecule has 0 aromatic heterocycles. The van der Waals surface area contributed by atoms with E-state index in [9.17, 15) is 4.79 Å². The van der Waals surface area contributed by atoms with Crippen LogP contribution in [0.15, 0.2) is 40.9 Å². The summed E-state index contributed by atoms with van der Waals surface area (Å²) >= 11 is 13.7. The lowest BCUT2D eigenvalue weighted by molar-refractivity contribution is 0.0697. The van der Waals surface area contributed by atoms with E-state index < -0.39 is 5.97 Å². The van der Waals surface area contributed by atoms with Gasteiger partial charge in [-0.2, -0.15) is 0 Å². The number of hydrogen-bond acceptors (Lipinski definition) is 3. The third-order valence-corrected chi connectivity index (χ3v) is 4.74. The summed E-state index contributed by atoms with van der Waals surface area (Å²) in [5.41, 5.74) is 4.94. The first-order valence-corrected chi connectivity index (χ1v) is 9.29. The van der Waals surface area contributed by atoms with Gasteiger partial charge in [-0.1, -0.05) is 39.7 Å². The number of anilines is 2. The zero-order valence-electron chi connectivity index (χ0n) is 13.6. The molecular formula is C18H18BrClN2O2S. The molecule has 2 aromatic rings. The average Bonchev–Trinajstić information content (AvgIpc) is 2.55. The fourth-order valence-electron chi connectivity index (χ4n) is 2.60. The molecule has 0 amide bonds. The Morgan fingerprint density at radius 2 is 2.12 bits per heavy atom. The maximum absolute atomic E-state index is 10.6. The summed E-state index contributed by atoms with van der Waals surface area (Å²) in [6, 6.07) is 11.1. The Hall–Kier alpha value is -1.63. The number of benzene rings is 2. The molecule has 0 aliphatic carbocycles. The molecule has 0 radical (unpaired) electrons. The average molecular weight is 442 g/mol. The molecule has 1 aliphatic rings. The van der Waals surface area contributed by atoms with Gasteiger partial charge in [-0.3, -0.25) is 0 Å². The van der Waals surface area contributed by atoms with Crippen molar-refractivity contribution in [1.29, 1.82) is 0 Å². The number of carboxylic acids is 1. The van der Waals surface area contributed by atoms with Crippen LogP contribution in [-0.4, -0.2) is 30.2 Å². The maximum atomic E-state index is 10.6. The van der Waals surface area contributed by atoms with Crippen LogP contribution in [0.4, 0.5) is 11.4 Å². The number of aromatic carboxylic acids is 1. The van der Waals surface area contributed by atoms with Gasteiger partial charge in [0.2, 0.25) is 0 Å². The van der Waals surface area contributed by atoms with Crippen molar-refractivity contribution in [2.75, 3.05) is 23.8 Å². The van der Waals surface area contributed by atoms with Crippen molar-refractivity contribution < 1.29 is 9.90 Å². The Labute approximate surface area is 165 Å². The van der Waals surface area contributed by atoms with Crippen molar-refractivity contribution in [2.45, 2.75) is 12.8 Å². The summed E-state index contributed by atoms with van der Waals surface area (Å²) in [5.74, 6) is -1.04. The molecule has 25 heavy (non-hydrogen) atoms. The molecule has 0 atom stereocenters. The number of carboxylic acid groups (broad SMARTS) is 1. The number of aryl methyl sites for hydroxylation is 1. The highest BCUT2D eigenvalue weighted by molar-refractivity contribution is 9.10. The molecule has 1 heterocycles. The fourth-order valence-corrected chi connectivity index (χ4v) is 3.41. The number of carbonyl (C=O) groups is 1. The first-order chi connectivity index (χ1) is 11.9. The fraction of sp³-hybridized carbons (Fsp3) is 0.222. The minimum absolute atomic E-state index is 0.0802. The minimum Gasteiger partial charge on any atom is -0.478 e. The number of rotatable bonds is 3. The van der Waals surface area contributed by atoms with Gasteiger partial charge in [0.05, 0.1) is 16.1 Å². The van der Waals surface area contributed by atoms with E-state index >= 15 is 0 Å². The van der Waals surface area contributed by atoms with Crippen molar-refractivity contribution >= 4 is 62.6 Å². The van der Waals surface area contributed by atoms with E-state index in [2.05, 4.69) is 63.6 Å². The zero-order valence-corrected chi connectivity index (χ0v) is 16.8. The van der Waals surface area contributed by atoms with Crippen LogP contribution in [0.3, 0.4) is 0 Å². The lowest BCUT2D eigenvalue weighted by atomic mass is 10.0. The first kappa shape index (κ1) is 19.7. The molecule has 3 rings (SSSR count). The van der Waals surface area contributed by atoms with Crippen LogP contribution in [0.5, 0.6) is 0 Å². The Bertz CT molecular complexity index is 786. The smallest absolute Gasteiger partial charge is 0.337 e. The molecule has 1 aliphatic heterocycles. The lowest BCUT2D eigenvalue weighted by Crippen LogP contribution is -2.24. The summed E-state index contributed by atoms with van der Waals surface area (Å²) < 4.78 is 1.19. The van der Waals surface area contributed by atoms with E-state index in [0.717, 1.165) is 0 Å². The van der Waals surface area contributed by atoms with E-state index in [1.165, 1.54) is 52.7 Å². The Balaban J connectivity index is 0.000000181. The van der Waals surface area contributed by atoms with Gasteiger partial charge < -0.3 is 15.3 Å². The number of thiocarbonyl (C=S) groups is 1. The lowest BCUT2D eigenvalue weighted by Gasteiger charge is -2.27. The van der Waals surface area contributed by atoms with E-state index in [0.29, 0.717) is 5.69 Å². The van der Waals surface area contributed by atoms with Crippen molar-refractivity contribution in [3.05, 3.63) is 57.0 Å². The molecule has 0 bridgehead atoms. The minimum atomic E-state index is -1.04. The number of hydrogen-bond donors (Lipinski definition) is 2. The summed E-state index contributed by atoms with van der Waals surface area (Å²) in [6.45, 7) is 1.19. The Morgan fingerprint density at radius 1 is 1.36 bits per heavy atom. The molecule has 0 saturated heterocycles. The van der Waals surface area contributed by atoms with Crippen LogP contribution in [0.2, 0.25) is 5.02 Å². The monoisotopic (exact) mass is 440 g/mol.